The predicted molar refractivity (Wildman–Crippen MR) is 83.4 cm³/mol. The van der Waals surface area contributed by atoms with E-state index >= 15 is 0 Å². The summed E-state index contributed by atoms with van der Waals surface area (Å²) >= 11 is 0. The van der Waals surface area contributed by atoms with Gasteiger partial charge in [-0.15, -0.1) is 0 Å². The maximum Gasteiger partial charge on any atom is 0.118 e. The van der Waals surface area contributed by atoms with E-state index < -0.39 is 0 Å². The largest absolute Gasteiger partial charge is 0.497 e. The molecule has 2 aromatic rings. The Balaban J connectivity index is 1.79. The fourth-order valence-corrected chi connectivity index (χ4v) is 2.19. The first-order valence-corrected chi connectivity index (χ1v) is 7.17. The lowest BCUT2D eigenvalue weighted by Gasteiger charge is -2.15. The standard InChI is InChI=1S/C18H22O3/c1-20-18-9-7-15(8-10-18)11-17(12-19)14-21-13-16-5-3-2-4-6-16/h2-10,17,19H,11-14H2,1H3. The molecule has 0 bridgehead atoms. The smallest absolute Gasteiger partial charge is 0.118 e. The second kappa shape index (κ2) is 8.45. The van der Waals surface area contributed by atoms with Gasteiger partial charge in [0.25, 0.3) is 0 Å². The van der Waals surface area contributed by atoms with E-state index in [1.807, 2.05) is 54.6 Å². The summed E-state index contributed by atoms with van der Waals surface area (Å²) in [7, 11) is 1.66. The van der Waals surface area contributed by atoms with Gasteiger partial charge in [-0.05, 0) is 29.7 Å². The Hall–Kier alpha value is -1.84. The monoisotopic (exact) mass is 286 g/mol. The molecule has 0 fully saturated rings. The Bertz CT molecular complexity index is 508. The highest BCUT2D eigenvalue weighted by atomic mass is 16.5. The normalized spacial score (nSPS) is 12.1. The second-order valence-corrected chi connectivity index (χ2v) is 5.10. The third-order valence-electron chi connectivity index (χ3n) is 3.41. The van der Waals surface area contributed by atoms with Crippen molar-refractivity contribution < 1.29 is 14.6 Å². The number of methoxy groups -OCH3 is 1. The molecular formula is C18H22O3. The molecule has 1 unspecified atom stereocenters. The van der Waals surface area contributed by atoms with E-state index in [1.165, 1.54) is 5.56 Å². The average molecular weight is 286 g/mol. The molecule has 0 amide bonds. The molecular weight excluding hydrogens is 264 g/mol. The maximum absolute atomic E-state index is 9.48. The molecule has 0 heterocycles. The minimum Gasteiger partial charge on any atom is -0.497 e. The lowest BCUT2D eigenvalue weighted by molar-refractivity contribution is 0.0630. The van der Waals surface area contributed by atoms with Gasteiger partial charge in [-0.2, -0.15) is 0 Å². The van der Waals surface area contributed by atoms with Gasteiger partial charge in [0.2, 0.25) is 0 Å². The van der Waals surface area contributed by atoms with E-state index in [0.717, 1.165) is 17.7 Å². The summed E-state index contributed by atoms with van der Waals surface area (Å²) in [6, 6.07) is 18.0. The fourth-order valence-electron chi connectivity index (χ4n) is 2.19. The summed E-state index contributed by atoms with van der Waals surface area (Å²) in [4.78, 5) is 0. The molecule has 0 aliphatic heterocycles. The van der Waals surface area contributed by atoms with Crippen LogP contribution >= 0.6 is 0 Å². The van der Waals surface area contributed by atoms with Gasteiger partial charge in [-0.3, -0.25) is 0 Å². The molecule has 2 aromatic carbocycles. The Morgan fingerprint density at radius 1 is 0.952 bits per heavy atom. The topological polar surface area (TPSA) is 38.7 Å². The Labute approximate surface area is 126 Å². The molecule has 0 radical (unpaired) electrons. The Kier molecular flexibility index (Phi) is 6.25. The fraction of sp³-hybridized carbons (Fsp3) is 0.333. The molecule has 3 nitrogen and oxygen atoms in total. The van der Waals surface area contributed by atoms with Crippen molar-refractivity contribution in [1.29, 1.82) is 0 Å². The van der Waals surface area contributed by atoms with Crippen molar-refractivity contribution in [3.05, 3.63) is 65.7 Å². The number of hydrogen-bond donors (Lipinski definition) is 1. The summed E-state index contributed by atoms with van der Waals surface area (Å²) in [6.45, 7) is 1.26. The van der Waals surface area contributed by atoms with Crippen molar-refractivity contribution >= 4 is 0 Å². The minimum atomic E-state index is 0.113. The van der Waals surface area contributed by atoms with Crippen LogP contribution in [0.2, 0.25) is 0 Å². The second-order valence-electron chi connectivity index (χ2n) is 5.10. The van der Waals surface area contributed by atoms with Crippen molar-refractivity contribution in [3.63, 3.8) is 0 Å². The van der Waals surface area contributed by atoms with E-state index in [9.17, 15) is 5.11 Å². The number of benzene rings is 2. The maximum atomic E-state index is 9.48. The molecule has 3 heteroatoms. The highest BCUT2D eigenvalue weighted by Gasteiger charge is 2.09. The third kappa shape index (κ3) is 5.21. The van der Waals surface area contributed by atoms with Crippen molar-refractivity contribution in [2.24, 2.45) is 5.92 Å². The number of ether oxygens (including phenoxy) is 2. The summed E-state index contributed by atoms with van der Waals surface area (Å²) in [6.07, 6.45) is 0.801. The molecule has 2 rings (SSSR count). The molecule has 1 atom stereocenters. The third-order valence-corrected chi connectivity index (χ3v) is 3.41. The van der Waals surface area contributed by atoms with Crippen LogP contribution in [0.1, 0.15) is 11.1 Å². The van der Waals surface area contributed by atoms with Gasteiger partial charge in [0.1, 0.15) is 5.75 Å². The van der Waals surface area contributed by atoms with Gasteiger partial charge in [0, 0.05) is 12.5 Å². The molecule has 0 aliphatic rings. The molecule has 21 heavy (non-hydrogen) atoms. The van der Waals surface area contributed by atoms with Crippen molar-refractivity contribution in [3.8, 4) is 5.75 Å². The average Bonchev–Trinajstić information content (AvgIpc) is 2.55. The van der Waals surface area contributed by atoms with Gasteiger partial charge in [-0.25, -0.2) is 0 Å². The van der Waals surface area contributed by atoms with Crippen molar-refractivity contribution in [2.75, 3.05) is 20.3 Å². The number of hydrogen-bond acceptors (Lipinski definition) is 3. The molecule has 0 aliphatic carbocycles. The summed E-state index contributed by atoms with van der Waals surface area (Å²) < 4.78 is 10.8. The predicted octanol–water partition coefficient (Wildman–Crippen LogP) is 3.06. The van der Waals surface area contributed by atoms with Crippen LogP contribution in [-0.2, 0) is 17.8 Å². The molecule has 0 saturated carbocycles. The van der Waals surface area contributed by atoms with Gasteiger partial charge in [0.15, 0.2) is 0 Å². The van der Waals surface area contributed by atoms with Crippen LogP contribution in [-0.4, -0.2) is 25.4 Å². The van der Waals surface area contributed by atoms with Gasteiger partial charge < -0.3 is 14.6 Å². The number of rotatable bonds is 8. The zero-order chi connectivity index (χ0) is 14.9. The highest BCUT2D eigenvalue weighted by Crippen LogP contribution is 2.15. The Morgan fingerprint density at radius 3 is 2.29 bits per heavy atom. The Morgan fingerprint density at radius 2 is 1.67 bits per heavy atom. The summed E-state index contributed by atoms with van der Waals surface area (Å²) in [5, 5.41) is 9.48. The first-order valence-electron chi connectivity index (χ1n) is 7.17. The van der Waals surface area contributed by atoms with Crippen LogP contribution in [0.4, 0.5) is 0 Å². The first kappa shape index (κ1) is 15.5. The lowest BCUT2D eigenvalue weighted by atomic mass is 10.0. The van der Waals surface area contributed by atoms with Gasteiger partial charge in [0.05, 0.1) is 20.3 Å². The van der Waals surface area contributed by atoms with E-state index in [1.54, 1.807) is 7.11 Å². The lowest BCUT2D eigenvalue weighted by Crippen LogP contribution is -2.16. The van der Waals surface area contributed by atoms with Crippen molar-refractivity contribution in [1.82, 2.24) is 0 Å². The van der Waals surface area contributed by atoms with Gasteiger partial charge >= 0.3 is 0 Å². The molecule has 112 valence electrons. The number of aliphatic hydroxyl groups excluding tert-OH is 1. The van der Waals surface area contributed by atoms with Crippen LogP contribution in [0, 0.1) is 5.92 Å². The molecule has 0 spiro atoms. The summed E-state index contributed by atoms with van der Waals surface area (Å²) in [5.41, 5.74) is 2.33. The van der Waals surface area contributed by atoms with E-state index in [-0.39, 0.29) is 12.5 Å². The van der Waals surface area contributed by atoms with Crippen LogP contribution in [0.15, 0.2) is 54.6 Å². The van der Waals surface area contributed by atoms with Crippen LogP contribution in [0.5, 0.6) is 5.75 Å². The van der Waals surface area contributed by atoms with E-state index in [0.29, 0.717) is 13.2 Å². The van der Waals surface area contributed by atoms with Crippen LogP contribution in [0.3, 0.4) is 0 Å². The van der Waals surface area contributed by atoms with Gasteiger partial charge in [-0.1, -0.05) is 42.5 Å². The van der Waals surface area contributed by atoms with Crippen LogP contribution in [0.25, 0.3) is 0 Å². The zero-order valence-electron chi connectivity index (χ0n) is 12.4. The highest BCUT2D eigenvalue weighted by molar-refractivity contribution is 5.27. The summed E-state index contributed by atoms with van der Waals surface area (Å²) in [5.74, 6) is 0.960. The quantitative estimate of drug-likeness (QED) is 0.810. The first-order chi connectivity index (χ1) is 10.3. The van der Waals surface area contributed by atoms with Crippen molar-refractivity contribution in [2.45, 2.75) is 13.0 Å². The van der Waals surface area contributed by atoms with E-state index in [4.69, 9.17) is 9.47 Å². The number of aliphatic hydroxyl groups is 1. The van der Waals surface area contributed by atoms with E-state index in [2.05, 4.69) is 0 Å². The SMILES string of the molecule is COc1ccc(CC(CO)COCc2ccccc2)cc1. The minimum absolute atomic E-state index is 0.113. The molecule has 1 N–H and O–H groups in total. The molecule has 0 saturated heterocycles. The molecule has 0 aromatic heterocycles. The van der Waals surface area contributed by atoms with Crippen LogP contribution < -0.4 is 4.74 Å². The zero-order valence-corrected chi connectivity index (χ0v) is 12.4.